The van der Waals surface area contributed by atoms with Gasteiger partial charge in [0.15, 0.2) is 0 Å². The Morgan fingerprint density at radius 2 is 1.80 bits per heavy atom. The van der Waals surface area contributed by atoms with E-state index in [4.69, 9.17) is 0 Å². The highest BCUT2D eigenvalue weighted by molar-refractivity contribution is 7.07. The molecule has 2 aromatic rings. The van der Waals surface area contributed by atoms with Crippen molar-refractivity contribution in [3.8, 4) is 0 Å². The molecule has 2 saturated heterocycles. The highest BCUT2D eigenvalue weighted by atomic mass is 32.1. The Morgan fingerprint density at radius 1 is 1.00 bits per heavy atom. The van der Waals surface area contributed by atoms with Gasteiger partial charge in [0.05, 0.1) is 0 Å². The number of amides is 1. The van der Waals surface area contributed by atoms with Gasteiger partial charge < -0.3 is 4.90 Å². The van der Waals surface area contributed by atoms with Crippen molar-refractivity contribution in [3.05, 3.63) is 58.3 Å². The zero-order chi connectivity index (χ0) is 17.1. The maximum atomic E-state index is 13.5. The zero-order valence-electron chi connectivity index (χ0n) is 14.6. The number of likely N-dealkylation sites (tertiary alicyclic amines) is 2. The summed E-state index contributed by atoms with van der Waals surface area (Å²) < 4.78 is 0. The molecule has 3 heterocycles. The van der Waals surface area contributed by atoms with Gasteiger partial charge in [0.25, 0.3) is 0 Å². The lowest BCUT2D eigenvalue weighted by Gasteiger charge is -2.37. The molecule has 0 radical (unpaired) electrons. The fourth-order valence-electron chi connectivity index (χ4n) is 4.32. The van der Waals surface area contributed by atoms with Crippen LogP contribution in [0.4, 0.5) is 0 Å². The largest absolute Gasteiger partial charge is 0.341 e. The summed E-state index contributed by atoms with van der Waals surface area (Å²) in [6, 6.07) is 12.8. The Kier molecular flexibility index (Phi) is 5.18. The van der Waals surface area contributed by atoms with Crippen LogP contribution in [0.5, 0.6) is 0 Å². The number of rotatable bonds is 4. The molecule has 25 heavy (non-hydrogen) atoms. The van der Waals surface area contributed by atoms with E-state index in [1.807, 2.05) is 6.07 Å². The van der Waals surface area contributed by atoms with E-state index in [1.165, 1.54) is 12.0 Å². The van der Waals surface area contributed by atoms with E-state index >= 15 is 0 Å². The lowest BCUT2D eigenvalue weighted by Crippen LogP contribution is -2.44. The Labute approximate surface area is 154 Å². The normalized spacial score (nSPS) is 22.9. The summed E-state index contributed by atoms with van der Waals surface area (Å²) in [5.41, 5.74) is 2.51. The Balaban J connectivity index is 1.66. The van der Waals surface area contributed by atoms with Crippen LogP contribution in [0, 0.1) is 0 Å². The maximum Gasteiger partial charge on any atom is 0.244 e. The lowest BCUT2D eigenvalue weighted by molar-refractivity contribution is -0.138. The number of thiophene rings is 1. The molecule has 2 aliphatic rings. The minimum absolute atomic E-state index is 0.147. The predicted octanol–water partition coefficient (Wildman–Crippen LogP) is 4.64. The zero-order valence-corrected chi connectivity index (χ0v) is 15.5. The second-order valence-electron chi connectivity index (χ2n) is 7.15. The first-order valence-corrected chi connectivity index (χ1v) is 10.4. The SMILES string of the molecule is O=C(C(c1ccccc1)N1CCCC1c1ccsc1)N1CCCCC1. The van der Waals surface area contributed by atoms with E-state index in [9.17, 15) is 4.79 Å². The quantitative estimate of drug-likeness (QED) is 0.798. The predicted molar refractivity (Wildman–Crippen MR) is 103 cm³/mol. The standard InChI is InChI=1S/C21H26N2OS/c24-21(22-12-5-2-6-13-22)20(17-8-3-1-4-9-17)23-14-7-10-19(23)18-11-15-25-16-18/h1,3-4,8-9,11,15-16,19-20H,2,5-7,10,12-14H2. The average Bonchev–Trinajstić information content (AvgIpc) is 3.35. The van der Waals surface area contributed by atoms with Gasteiger partial charge >= 0.3 is 0 Å². The van der Waals surface area contributed by atoms with Crippen molar-refractivity contribution in [2.75, 3.05) is 19.6 Å². The molecule has 2 unspecified atom stereocenters. The third-order valence-electron chi connectivity index (χ3n) is 5.57. The number of benzene rings is 1. The molecule has 0 bridgehead atoms. The monoisotopic (exact) mass is 354 g/mol. The Morgan fingerprint density at radius 3 is 2.52 bits per heavy atom. The summed E-state index contributed by atoms with van der Waals surface area (Å²) in [6.07, 6.45) is 5.84. The fourth-order valence-corrected chi connectivity index (χ4v) is 5.03. The number of piperidine rings is 1. The van der Waals surface area contributed by atoms with Gasteiger partial charge in [-0.25, -0.2) is 0 Å². The lowest BCUT2D eigenvalue weighted by atomic mass is 9.99. The Bertz CT molecular complexity index is 679. The molecule has 132 valence electrons. The van der Waals surface area contributed by atoms with Gasteiger partial charge in [0, 0.05) is 19.1 Å². The van der Waals surface area contributed by atoms with Crippen molar-refractivity contribution in [2.45, 2.75) is 44.2 Å². The second-order valence-corrected chi connectivity index (χ2v) is 7.93. The van der Waals surface area contributed by atoms with Crippen molar-refractivity contribution >= 4 is 17.2 Å². The first-order chi connectivity index (χ1) is 12.3. The molecular weight excluding hydrogens is 328 g/mol. The summed E-state index contributed by atoms with van der Waals surface area (Å²) in [5, 5.41) is 4.40. The van der Waals surface area contributed by atoms with E-state index in [-0.39, 0.29) is 6.04 Å². The first kappa shape index (κ1) is 16.8. The number of hydrogen-bond acceptors (Lipinski definition) is 3. The summed E-state index contributed by atoms with van der Waals surface area (Å²) in [6.45, 7) is 2.83. The first-order valence-electron chi connectivity index (χ1n) is 9.46. The fraction of sp³-hybridized carbons (Fsp3) is 0.476. The topological polar surface area (TPSA) is 23.6 Å². The molecule has 0 saturated carbocycles. The highest BCUT2D eigenvalue weighted by Gasteiger charge is 2.38. The number of hydrogen-bond donors (Lipinski definition) is 0. The number of carbonyl (C=O) groups is 1. The van der Waals surface area contributed by atoms with Crippen LogP contribution in [-0.2, 0) is 4.79 Å². The minimum Gasteiger partial charge on any atom is -0.341 e. The molecule has 3 nitrogen and oxygen atoms in total. The van der Waals surface area contributed by atoms with Gasteiger partial charge in [-0.15, -0.1) is 0 Å². The van der Waals surface area contributed by atoms with Gasteiger partial charge in [-0.1, -0.05) is 30.3 Å². The van der Waals surface area contributed by atoms with Crippen molar-refractivity contribution in [2.24, 2.45) is 0 Å². The number of carbonyl (C=O) groups excluding carboxylic acids is 1. The van der Waals surface area contributed by atoms with Gasteiger partial charge in [-0.2, -0.15) is 11.3 Å². The highest BCUT2D eigenvalue weighted by Crippen LogP contribution is 2.40. The molecule has 4 rings (SSSR count). The van der Waals surface area contributed by atoms with E-state index in [0.29, 0.717) is 11.9 Å². The molecule has 1 aromatic carbocycles. The van der Waals surface area contributed by atoms with Crippen LogP contribution < -0.4 is 0 Å². The maximum absolute atomic E-state index is 13.5. The van der Waals surface area contributed by atoms with Crippen LogP contribution in [0.3, 0.4) is 0 Å². The third kappa shape index (κ3) is 3.51. The molecule has 4 heteroatoms. The van der Waals surface area contributed by atoms with Crippen LogP contribution in [-0.4, -0.2) is 35.3 Å². The smallest absolute Gasteiger partial charge is 0.244 e. The van der Waals surface area contributed by atoms with Crippen LogP contribution in [0.2, 0.25) is 0 Å². The molecule has 1 amide bonds. The van der Waals surface area contributed by atoms with Crippen LogP contribution in [0.15, 0.2) is 47.2 Å². The van der Waals surface area contributed by atoms with Gasteiger partial charge in [-0.05, 0) is 66.6 Å². The molecular formula is C21H26N2OS. The number of nitrogens with zero attached hydrogens (tertiary/aromatic N) is 2. The van der Waals surface area contributed by atoms with Gasteiger partial charge in [-0.3, -0.25) is 9.69 Å². The summed E-state index contributed by atoms with van der Waals surface area (Å²) >= 11 is 1.75. The third-order valence-corrected chi connectivity index (χ3v) is 6.27. The molecule has 0 spiro atoms. The van der Waals surface area contributed by atoms with Gasteiger partial charge in [0.1, 0.15) is 6.04 Å². The van der Waals surface area contributed by atoms with Crippen molar-refractivity contribution in [3.63, 3.8) is 0 Å². The average molecular weight is 355 g/mol. The minimum atomic E-state index is -0.147. The molecule has 1 aromatic heterocycles. The van der Waals surface area contributed by atoms with E-state index in [2.05, 4.69) is 50.9 Å². The van der Waals surface area contributed by atoms with Crippen LogP contribution >= 0.6 is 11.3 Å². The molecule has 0 N–H and O–H groups in total. The molecule has 0 aliphatic carbocycles. The van der Waals surface area contributed by atoms with E-state index < -0.39 is 0 Å². The summed E-state index contributed by atoms with van der Waals surface area (Å²) in [5.74, 6) is 0.299. The van der Waals surface area contributed by atoms with Gasteiger partial charge in [0.2, 0.25) is 5.91 Å². The van der Waals surface area contributed by atoms with Crippen LogP contribution in [0.25, 0.3) is 0 Å². The summed E-state index contributed by atoms with van der Waals surface area (Å²) in [4.78, 5) is 18.0. The Hall–Kier alpha value is -1.65. The van der Waals surface area contributed by atoms with Crippen molar-refractivity contribution < 1.29 is 4.79 Å². The second kappa shape index (κ2) is 7.71. The van der Waals surface area contributed by atoms with Crippen LogP contribution in [0.1, 0.15) is 55.3 Å². The van der Waals surface area contributed by atoms with Crippen molar-refractivity contribution in [1.29, 1.82) is 0 Å². The molecule has 2 atom stereocenters. The summed E-state index contributed by atoms with van der Waals surface area (Å²) in [7, 11) is 0. The van der Waals surface area contributed by atoms with Crippen molar-refractivity contribution in [1.82, 2.24) is 9.80 Å². The van der Waals surface area contributed by atoms with E-state index in [0.717, 1.165) is 50.9 Å². The molecule has 2 fully saturated rings. The molecule has 2 aliphatic heterocycles. The van der Waals surface area contributed by atoms with E-state index in [1.54, 1.807) is 11.3 Å².